The number of fused-ring (bicyclic) bond motifs is 1. The minimum Gasteiger partial charge on any atom is -0.265 e. The van der Waals surface area contributed by atoms with Gasteiger partial charge in [0, 0.05) is 23.4 Å². The average molecular weight is 302 g/mol. The van der Waals surface area contributed by atoms with Gasteiger partial charge in [0.05, 0.1) is 8.42 Å². The third kappa shape index (κ3) is 2.22. The van der Waals surface area contributed by atoms with Crippen LogP contribution in [0.4, 0.5) is 0 Å². The maximum absolute atomic E-state index is 5.24. The Morgan fingerprint density at radius 2 is 1.94 bits per heavy atom. The molecule has 0 aliphatic carbocycles. The minimum atomic E-state index is 0.542. The zero-order valence-corrected chi connectivity index (χ0v) is 12.2. The van der Waals surface area contributed by atoms with Crippen LogP contribution >= 0.6 is 58.4 Å². The van der Waals surface area contributed by atoms with Crippen LogP contribution in [0.1, 0.15) is 10.8 Å². The number of rotatable bonds is 1. The summed E-state index contributed by atoms with van der Waals surface area (Å²) in [6.07, 6.45) is 3.73. The summed E-state index contributed by atoms with van der Waals surface area (Å²) in [6, 6.07) is 4.21. The Balaban J connectivity index is 1.91. The molecule has 1 aliphatic rings. The lowest BCUT2D eigenvalue weighted by Gasteiger charge is -2.20. The van der Waals surface area contributed by atoms with E-state index in [9.17, 15) is 0 Å². The maximum Gasteiger partial charge on any atom is 0.145 e. The molecule has 2 aromatic heterocycles. The van der Waals surface area contributed by atoms with Crippen LogP contribution in [-0.4, -0.2) is 10.7 Å². The van der Waals surface area contributed by atoms with E-state index in [4.69, 9.17) is 12.2 Å². The van der Waals surface area contributed by atoms with Crippen molar-refractivity contribution in [3.05, 3.63) is 33.2 Å². The van der Waals surface area contributed by atoms with E-state index < -0.39 is 0 Å². The van der Waals surface area contributed by atoms with Crippen molar-refractivity contribution in [1.82, 2.24) is 4.98 Å². The van der Waals surface area contributed by atoms with E-state index >= 15 is 0 Å². The summed E-state index contributed by atoms with van der Waals surface area (Å²) < 4.78 is 3.85. The molecule has 6 heteroatoms. The van der Waals surface area contributed by atoms with Gasteiger partial charge in [0.1, 0.15) is 3.14 Å². The van der Waals surface area contributed by atoms with Crippen LogP contribution in [-0.2, 0) is 0 Å². The molecule has 82 valence electrons. The molecule has 0 N–H and O–H groups in total. The van der Waals surface area contributed by atoms with Gasteiger partial charge in [-0.05, 0) is 17.7 Å². The van der Waals surface area contributed by atoms with Crippen molar-refractivity contribution in [3.8, 4) is 0 Å². The topological polar surface area (TPSA) is 12.9 Å². The second-order valence-corrected chi connectivity index (χ2v) is 9.21. The Morgan fingerprint density at radius 1 is 1.19 bits per heavy atom. The summed E-state index contributed by atoms with van der Waals surface area (Å²) in [7, 11) is 0. The van der Waals surface area contributed by atoms with Crippen LogP contribution in [0.2, 0.25) is 0 Å². The fourth-order valence-electron chi connectivity index (χ4n) is 1.47. The fourth-order valence-corrected chi connectivity index (χ4v) is 8.10. The van der Waals surface area contributed by atoms with E-state index in [1.807, 2.05) is 35.9 Å². The zero-order chi connectivity index (χ0) is 11.0. The quantitative estimate of drug-likeness (QED) is 0.696. The highest BCUT2D eigenvalue weighted by atomic mass is 32.2. The molecule has 3 rings (SSSR count). The van der Waals surface area contributed by atoms with Gasteiger partial charge in [0.15, 0.2) is 0 Å². The molecule has 0 saturated heterocycles. The van der Waals surface area contributed by atoms with E-state index in [2.05, 4.69) is 17.1 Å². The van der Waals surface area contributed by atoms with Crippen molar-refractivity contribution in [2.45, 2.75) is 13.7 Å². The lowest BCUT2D eigenvalue weighted by molar-refractivity contribution is 1.08. The van der Waals surface area contributed by atoms with Crippen molar-refractivity contribution in [2.75, 3.05) is 5.75 Å². The first-order valence-corrected chi connectivity index (χ1v) is 8.57. The second kappa shape index (κ2) is 4.78. The predicted molar refractivity (Wildman–Crippen MR) is 76.6 cm³/mol. The van der Waals surface area contributed by atoms with E-state index in [1.54, 1.807) is 22.7 Å². The number of pyridine rings is 1. The van der Waals surface area contributed by atoms with Crippen molar-refractivity contribution < 1.29 is 0 Å². The minimum absolute atomic E-state index is 0.542. The number of hydrogen-bond acceptors (Lipinski definition) is 6. The molecule has 0 saturated carbocycles. The standard InChI is InChI=1S/C10H7NS5/c12-10-15-8-9(16-10)14-7(5-13-8)6-1-3-11-4-2-6/h1-4,7H,5H2/t7-/m0/s1. The van der Waals surface area contributed by atoms with Gasteiger partial charge >= 0.3 is 0 Å². The Morgan fingerprint density at radius 3 is 2.75 bits per heavy atom. The zero-order valence-electron chi connectivity index (χ0n) is 8.08. The average Bonchev–Trinajstić information content (AvgIpc) is 2.69. The van der Waals surface area contributed by atoms with Crippen molar-refractivity contribution in [1.29, 1.82) is 0 Å². The molecule has 0 fully saturated rings. The van der Waals surface area contributed by atoms with E-state index in [1.165, 1.54) is 14.0 Å². The van der Waals surface area contributed by atoms with Crippen LogP contribution in [0, 0.1) is 3.14 Å². The summed E-state index contributed by atoms with van der Waals surface area (Å²) in [5.74, 6) is 1.13. The van der Waals surface area contributed by atoms with Gasteiger partial charge in [-0.3, -0.25) is 4.98 Å². The summed E-state index contributed by atoms with van der Waals surface area (Å²) in [4.78, 5) is 4.06. The summed E-state index contributed by atoms with van der Waals surface area (Å²) in [5.41, 5.74) is 1.36. The summed E-state index contributed by atoms with van der Waals surface area (Å²) in [6.45, 7) is 0. The lowest BCUT2D eigenvalue weighted by atomic mass is 10.2. The summed E-state index contributed by atoms with van der Waals surface area (Å²) >= 11 is 12.6. The molecule has 0 radical (unpaired) electrons. The monoisotopic (exact) mass is 301 g/mol. The first kappa shape index (κ1) is 11.2. The Bertz CT molecular complexity index is 544. The molecule has 1 atom stereocenters. The first-order valence-electron chi connectivity index (χ1n) is 4.66. The highest BCUT2D eigenvalue weighted by molar-refractivity contribution is 8.08. The Kier molecular flexibility index (Phi) is 3.35. The van der Waals surface area contributed by atoms with Crippen LogP contribution in [0.3, 0.4) is 0 Å². The third-order valence-electron chi connectivity index (χ3n) is 2.21. The van der Waals surface area contributed by atoms with Gasteiger partial charge in [-0.25, -0.2) is 0 Å². The largest absolute Gasteiger partial charge is 0.265 e. The smallest absolute Gasteiger partial charge is 0.145 e. The normalized spacial score (nSPS) is 19.4. The highest BCUT2D eigenvalue weighted by Gasteiger charge is 2.23. The first-order chi connectivity index (χ1) is 7.83. The fraction of sp³-hybridized carbons (Fsp3) is 0.200. The molecule has 16 heavy (non-hydrogen) atoms. The highest BCUT2D eigenvalue weighted by Crippen LogP contribution is 2.52. The summed E-state index contributed by atoms with van der Waals surface area (Å²) in [5, 5.41) is 0.542. The molecule has 3 heterocycles. The molecule has 0 unspecified atom stereocenters. The van der Waals surface area contributed by atoms with Crippen LogP contribution in [0.5, 0.6) is 0 Å². The molecule has 0 bridgehead atoms. The molecule has 0 spiro atoms. The Hall–Kier alpha value is 0.120. The molecular weight excluding hydrogens is 294 g/mol. The molecule has 0 amide bonds. The number of aromatic nitrogens is 1. The van der Waals surface area contributed by atoms with Gasteiger partial charge in [-0.15, -0.1) is 46.2 Å². The van der Waals surface area contributed by atoms with Crippen LogP contribution < -0.4 is 0 Å². The lowest BCUT2D eigenvalue weighted by Crippen LogP contribution is -2.00. The van der Waals surface area contributed by atoms with Gasteiger partial charge in [-0.1, -0.05) is 12.2 Å². The molecular formula is C10H7NS5. The van der Waals surface area contributed by atoms with Gasteiger partial charge < -0.3 is 0 Å². The van der Waals surface area contributed by atoms with Crippen LogP contribution in [0.25, 0.3) is 0 Å². The van der Waals surface area contributed by atoms with E-state index in [0.717, 1.165) is 8.89 Å². The molecule has 1 aliphatic heterocycles. The predicted octanol–water partition coefficient (Wildman–Crippen LogP) is 4.87. The van der Waals surface area contributed by atoms with Crippen LogP contribution in [0.15, 0.2) is 32.9 Å². The maximum atomic E-state index is 5.24. The van der Waals surface area contributed by atoms with Crippen molar-refractivity contribution in [3.63, 3.8) is 0 Å². The van der Waals surface area contributed by atoms with E-state index in [-0.39, 0.29) is 0 Å². The number of nitrogens with zero attached hydrogens (tertiary/aromatic N) is 1. The van der Waals surface area contributed by atoms with Gasteiger partial charge in [-0.2, -0.15) is 0 Å². The van der Waals surface area contributed by atoms with E-state index in [0.29, 0.717) is 5.25 Å². The number of hydrogen-bond donors (Lipinski definition) is 0. The molecule has 2 aromatic rings. The molecule has 1 nitrogen and oxygen atoms in total. The Labute approximate surface area is 115 Å². The van der Waals surface area contributed by atoms with Gasteiger partial charge in [0.25, 0.3) is 0 Å². The third-order valence-corrected chi connectivity index (χ3v) is 8.30. The van der Waals surface area contributed by atoms with Gasteiger partial charge in [0.2, 0.25) is 0 Å². The van der Waals surface area contributed by atoms with Crippen molar-refractivity contribution in [2.24, 2.45) is 0 Å². The molecule has 0 aromatic carbocycles. The SMILES string of the molecule is S=c1sc2c(s1)S[C@H](c1ccncc1)CS2. The van der Waals surface area contributed by atoms with Crippen molar-refractivity contribution >= 4 is 58.4 Å². The second-order valence-electron chi connectivity index (χ2n) is 3.23. The number of thioether (sulfide) groups is 2.